The van der Waals surface area contributed by atoms with Gasteiger partial charge in [-0.3, -0.25) is 0 Å². The van der Waals surface area contributed by atoms with Gasteiger partial charge in [0, 0.05) is 31.2 Å². The lowest BCUT2D eigenvalue weighted by Gasteiger charge is -2.05. The molecule has 33 heavy (non-hydrogen) atoms. The summed E-state index contributed by atoms with van der Waals surface area (Å²) in [5.41, 5.74) is 1.11. The van der Waals surface area contributed by atoms with Gasteiger partial charge in [0.2, 0.25) is 0 Å². The summed E-state index contributed by atoms with van der Waals surface area (Å²) in [6.07, 6.45) is 6.81. The van der Waals surface area contributed by atoms with Crippen LogP contribution in [0.1, 0.15) is 37.2 Å². The van der Waals surface area contributed by atoms with E-state index in [0.717, 1.165) is 0 Å². The molecule has 168 valence electrons. The van der Waals surface area contributed by atoms with Gasteiger partial charge in [-0.2, -0.15) is 0 Å². The second-order valence-electron chi connectivity index (χ2n) is 6.64. The second-order valence-corrected chi connectivity index (χ2v) is 8.64. The predicted molar refractivity (Wildman–Crippen MR) is 121 cm³/mol. The molecule has 0 spiro atoms. The molecule has 0 bridgehead atoms. The zero-order valence-corrected chi connectivity index (χ0v) is 19.4. The number of nitrogens with zero attached hydrogens (tertiary/aromatic N) is 6. The minimum absolute atomic E-state index is 0.103. The van der Waals surface area contributed by atoms with Gasteiger partial charge in [0.1, 0.15) is 9.75 Å². The molecule has 0 fully saturated rings. The van der Waals surface area contributed by atoms with E-state index in [1.54, 1.807) is 50.8 Å². The maximum Gasteiger partial charge on any atom is 0.350 e. The SMILES string of the molecule is Cc1nc(-c2ncccn2)sc1C(=O)OCCCOC(=O)c1sc(-c2ncccn2)nc1C. The van der Waals surface area contributed by atoms with Gasteiger partial charge in [-0.25, -0.2) is 39.5 Å². The van der Waals surface area contributed by atoms with Gasteiger partial charge < -0.3 is 9.47 Å². The quantitative estimate of drug-likeness (QED) is 0.271. The maximum absolute atomic E-state index is 12.4. The van der Waals surface area contributed by atoms with Gasteiger partial charge in [0.25, 0.3) is 0 Å². The first-order chi connectivity index (χ1) is 16.0. The number of ether oxygens (including phenoxy) is 2. The first-order valence-corrected chi connectivity index (χ1v) is 11.5. The third-order valence-corrected chi connectivity index (χ3v) is 6.50. The van der Waals surface area contributed by atoms with Crippen molar-refractivity contribution in [3.8, 4) is 21.7 Å². The van der Waals surface area contributed by atoms with Crippen LogP contribution in [0.25, 0.3) is 21.7 Å². The molecule has 0 aromatic carbocycles. The maximum atomic E-state index is 12.4. The largest absolute Gasteiger partial charge is 0.461 e. The Morgan fingerprint density at radius 1 is 0.727 bits per heavy atom. The molecule has 0 atom stereocenters. The molecule has 0 aliphatic rings. The van der Waals surface area contributed by atoms with E-state index in [-0.39, 0.29) is 13.2 Å². The number of aryl methyl sites for hydroxylation is 2. The van der Waals surface area contributed by atoms with Gasteiger partial charge in [-0.05, 0) is 26.0 Å². The van der Waals surface area contributed by atoms with Crippen LogP contribution in [0.15, 0.2) is 36.9 Å². The fraction of sp³-hybridized carbons (Fsp3) is 0.238. The smallest absolute Gasteiger partial charge is 0.350 e. The van der Waals surface area contributed by atoms with E-state index < -0.39 is 11.9 Å². The molecule has 0 N–H and O–H groups in total. The van der Waals surface area contributed by atoms with Crippen LogP contribution in [0.5, 0.6) is 0 Å². The Morgan fingerprint density at radius 3 is 1.52 bits per heavy atom. The van der Waals surface area contributed by atoms with Crippen molar-refractivity contribution in [3.63, 3.8) is 0 Å². The van der Waals surface area contributed by atoms with Crippen LogP contribution in [0, 0.1) is 13.8 Å². The summed E-state index contributed by atoms with van der Waals surface area (Å²) in [7, 11) is 0. The molecule has 4 aromatic heterocycles. The standard InChI is InChI=1S/C21H18N6O4S2/c1-12-14(32-18(26-12)16-22-6-3-7-23-16)20(28)30-10-5-11-31-21(29)15-13(2)27-19(33-15)17-24-8-4-9-25-17/h3-4,6-9H,5,10-11H2,1-2H3. The molecular weight excluding hydrogens is 464 g/mol. The zero-order valence-electron chi connectivity index (χ0n) is 17.7. The molecule has 0 amide bonds. The Balaban J connectivity index is 1.26. The summed E-state index contributed by atoms with van der Waals surface area (Å²) in [5, 5.41) is 1.10. The number of rotatable bonds is 8. The molecular formula is C21H18N6O4S2. The van der Waals surface area contributed by atoms with Crippen LogP contribution in [0.4, 0.5) is 0 Å². The zero-order chi connectivity index (χ0) is 23.2. The fourth-order valence-electron chi connectivity index (χ4n) is 2.70. The second kappa shape index (κ2) is 10.3. The summed E-state index contributed by atoms with van der Waals surface area (Å²) >= 11 is 2.35. The van der Waals surface area contributed by atoms with E-state index in [1.807, 2.05) is 0 Å². The van der Waals surface area contributed by atoms with Gasteiger partial charge in [-0.15, -0.1) is 22.7 Å². The lowest BCUT2D eigenvalue weighted by atomic mass is 10.4. The molecule has 0 saturated carbocycles. The van der Waals surface area contributed by atoms with Crippen LogP contribution in [-0.2, 0) is 9.47 Å². The fourth-order valence-corrected chi connectivity index (χ4v) is 4.52. The number of esters is 2. The van der Waals surface area contributed by atoms with Crippen LogP contribution in [0.2, 0.25) is 0 Å². The molecule has 0 unspecified atom stereocenters. The molecule has 0 radical (unpaired) electrons. The minimum atomic E-state index is -0.482. The number of hydrogen-bond acceptors (Lipinski definition) is 12. The first-order valence-electron chi connectivity index (χ1n) is 9.87. The monoisotopic (exact) mass is 482 g/mol. The Morgan fingerprint density at radius 2 is 1.12 bits per heavy atom. The molecule has 0 aliphatic heterocycles. The Bertz CT molecular complexity index is 1160. The van der Waals surface area contributed by atoms with E-state index in [0.29, 0.717) is 49.2 Å². The molecule has 4 rings (SSSR count). The summed E-state index contributed by atoms with van der Waals surface area (Å²) in [6.45, 7) is 3.66. The molecule has 4 aromatic rings. The predicted octanol–water partition coefficient (Wildman–Crippen LogP) is 3.53. The highest BCUT2D eigenvalue weighted by molar-refractivity contribution is 7.17. The lowest BCUT2D eigenvalue weighted by molar-refractivity contribution is 0.0401. The van der Waals surface area contributed by atoms with Crippen LogP contribution in [0.3, 0.4) is 0 Å². The van der Waals surface area contributed by atoms with E-state index in [2.05, 4.69) is 29.9 Å². The topological polar surface area (TPSA) is 130 Å². The normalized spacial score (nSPS) is 10.7. The van der Waals surface area contributed by atoms with Crippen molar-refractivity contribution in [2.45, 2.75) is 20.3 Å². The molecule has 12 heteroatoms. The van der Waals surface area contributed by atoms with Gasteiger partial charge in [0.15, 0.2) is 21.7 Å². The van der Waals surface area contributed by atoms with Crippen LogP contribution >= 0.6 is 22.7 Å². The lowest BCUT2D eigenvalue weighted by Crippen LogP contribution is -2.11. The van der Waals surface area contributed by atoms with Crippen molar-refractivity contribution in [2.24, 2.45) is 0 Å². The van der Waals surface area contributed by atoms with E-state index in [4.69, 9.17) is 9.47 Å². The van der Waals surface area contributed by atoms with Gasteiger partial charge in [0.05, 0.1) is 24.6 Å². The molecule has 0 saturated heterocycles. The van der Waals surface area contributed by atoms with Crippen LogP contribution in [-0.4, -0.2) is 55.1 Å². The highest BCUT2D eigenvalue weighted by Crippen LogP contribution is 2.27. The summed E-state index contributed by atoms with van der Waals surface area (Å²) in [4.78, 5) is 50.8. The Labute approximate surface area is 196 Å². The first kappa shape index (κ1) is 22.6. The van der Waals surface area contributed by atoms with Crippen molar-refractivity contribution in [1.29, 1.82) is 0 Å². The number of aromatic nitrogens is 6. The number of hydrogen-bond donors (Lipinski definition) is 0. The third-order valence-electron chi connectivity index (χ3n) is 4.23. The molecule has 10 nitrogen and oxygen atoms in total. The van der Waals surface area contributed by atoms with Gasteiger partial charge in [-0.1, -0.05) is 0 Å². The minimum Gasteiger partial charge on any atom is -0.461 e. The van der Waals surface area contributed by atoms with Crippen LogP contribution < -0.4 is 0 Å². The Hall–Kier alpha value is -3.64. The number of carbonyl (C=O) groups is 2. The average Bonchev–Trinajstić information content (AvgIpc) is 3.42. The number of carbonyl (C=O) groups excluding carboxylic acids is 2. The Kier molecular flexibility index (Phi) is 7.05. The highest BCUT2D eigenvalue weighted by Gasteiger charge is 2.20. The van der Waals surface area contributed by atoms with Crippen molar-refractivity contribution < 1.29 is 19.1 Å². The van der Waals surface area contributed by atoms with Crippen molar-refractivity contribution in [2.75, 3.05) is 13.2 Å². The van der Waals surface area contributed by atoms with E-state index in [9.17, 15) is 9.59 Å². The summed E-state index contributed by atoms with van der Waals surface area (Å²) in [5.74, 6) is -0.0533. The molecule has 4 heterocycles. The van der Waals surface area contributed by atoms with E-state index in [1.165, 1.54) is 22.7 Å². The van der Waals surface area contributed by atoms with Gasteiger partial charge >= 0.3 is 11.9 Å². The molecule has 0 aliphatic carbocycles. The summed E-state index contributed by atoms with van der Waals surface area (Å²) in [6, 6.07) is 3.41. The third kappa shape index (κ3) is 5.41. The van der Waals surface area contributed by atoms with E-state index >= 15 is 0 Å². The summed E-state index contributed by atoms with van der Waals surface area (Å²) < 4.78 is 10.6. The highest BCUT2D eigenvalue weighted by atomic mass is 32.1. The van der Waals surface area contributed by atoms with Crippen molar-refractivity contribution >= 4 is 34.6 Å². The van der Waals surface area contributed by atoms with Crippen molar-refractivity contribution in [1.82, 2.24) is 29.9 Å². The number of thiazole rings is 2. The average molecular weight is 483 g/mol. The van der Waals surface area contributed by atoms with Crippen molar-refractivity contribution in [3.05, 3.63) is 58.1 Å².